The number of aromatic amines is 1. The Hall–Kier alpha value is -3.14. The Bertz CT molecular complexity index is 1130. The summed E-state index contributed by atoms with van der Waals surface area (Å²) in [5, 5.41) is 8.73. The molecular formula is C23H27ClFN5O4. The van der Waals surface area contributed by atoms with Gasteiger partial charge in [0.25, 0.3) is 5.91 Å². The van der Waals surface area contributed by atoms with Crippen molar-refractivity contribution < 1.29 is 23.6 Å². The Morgan fingerprint density at radius 3 is 2.56 bits per heavy atom. The van der Waals surface area contributed by atoms with Gasteiger partial charge < -0.3 is 26.7 Å². The average molecular weight is 492 g/mol. The predicted molar refractivity (Wildman–Crippen MR) is 123 cm³/mol. The summed E-state index contributed by atoms with van der Waals surface area (Å²) in [5.41, 5.74) is 5.99. The van der Waals surface area contributed by atoms with Crippen LogP contribution in [0, 0.1) is 17.7 Å². The van der Waals surface area contributed by atoms with E-state index in [0.717, 1.165) is 25.3 Å². The molecule has 1 saturated heterocycles. The van der Waals surface area contributed by atoms with E-state index in [9.17, 15) is 23.6 Å². The minimum absolute atomic E-state index is 0.100. The molecule has 2 fully saturated rings. The van der Waals surface area contributed by atoms with Gasteiger partial charge in [0.1, 0.15) is 23.6 Å². The minimum atomic E-state index is -1.03. The summed E-state index contributed by atoms with van der Waals surface area (Å²) in [4.78, 5) is 52.9. The van der Waals surface area contributed by atoms with E-state index in [2.05, 4.69) is 20.9 Å². The maximum absolute atomic E-state index is 13.6. The monoisotopic (exact) mass is 491 g/mol. The van der Waals surface area contributed by atoms with Crippen molar-refractivity contribution in [3.8, 4) is 0 Å². The molecule has 34 heavy (non-hydrogen) atoms. The van der Waals surface area contributed by atoms with Gasteiger partial charge in [0.2, 0.25) is 17.7 Å². The summed E-state index contributed by atoms with van der Waals surface area (Å²) < 4.78 is 13.6. The summed E-state index contributed by atoms with van der Waals surface area (Å²) in [6, 6.07) is 1.94. The lowest BCUT2D eigenvalue weighted by atomic mass is 9.91. The number of hydrogen-bond donors (Lipinski definition) is 5. The van der Waals surface area contributed by atoms with Crippen molar-refractivity contribution in [1.29, 1.82) is 0 Å². The van der Waals surface area contributed by atoms with Crippen molar-refractivity contribution in [2.75, 3.05) is 6.54 Å². The van der Waals surface area contributed by atoms with Crippen LogP contribution in [-0.4, -0.2) is 47.2 Å². The fourth-order valence-electron chi connectivity index (χ4n) is 4.30. The van der Waals surface area contributed by atoms with E-state index in [0.29, 0.717) is 36.2 Å². The molecular weight excluding hydrogens is 465 g/mol. The molecule has 0 spiro atoms. The first-order chi connectivity index (χ1) is 16.2. The number of piperidine rings is 1. The molecule has 3 atom stereocenters. The highest BCUT2D eigenvalue weighted by Gasteiger charge is 2.34. The molecule has 0 radical (unpaired) electrons. The van der Waals surface area contributed by atoms with Crippen molar-refractivity contribution in [2.24, 2.45) is 17.6 Å². The van der Waals surface area contributed by atoms with Crippen molar-refractivity contribution in [3.63, 3.8) is 0 Å². The second kappa shape index (κ2) is 10.0. The fourth-order valence-corrected chi connectivity index (χ4v) is 4.56. The highest BCUT2D eigenvalue weighted by atomic mass is 35.5. The highest BCUT2D eigenvalue weighted by Crippen LogP contribution is 2.34. The lowest BCUT2D eigenvalue weighted by molar-refractivity contribution is -0.131. The molecule has 1 aliphatic carbocycles. The maximum Gasteiger partial charge on any atom is 0.268 e. The van der Waals surface area contributed by atoms with Crippen LogP contribution < -0.4 is 21.7 Å². The van der Waals surface area contributed by atoms with E-state index in [1.807, 2.05) is 0 Å². The van der Waals surface area contributed by atoms with Gasteiger partial charge in [-0.1, -0.05) is 24.4 Å². The van der Waals surface area contributed by atoms with Crippen molar-refractivity contribution in [1.82, 2.24) is 20.9 Å². The van der Waals surface area contributed by atoms with Crippen LogP contribution in [0.4, 0.5) is 4.39 Å². The third-order valence-corrected chi connectivity index (χ3v) is 6.68. The number of hydrogen-bond acceptors (Lipinski definition) is 4. The molecule has 2 aliphatic rings. The fraction of sp³-hybridized carbons (Fsp3) is 0.478. The van der Waals surface area contributed by atoms with E-state index in [4.69, 9.17) is 17.3 Å². The maximum atomic E-state index is 13.6. The quantitative estimate of drug-likeness (QED) is 0.363. The van der Waals surface area contributed by atoms with Crippen LogP contribution in [-0.2, 0) is 14.4 Å². The molecule has 4 rings (SSSR count). The first-order valence-corrected chi connectivity index (χ1v) is 11.7. The first kappa shape index (κ1) is 24.0. The molecule has 1 aliphatic heterocycles. The number of fused-ring (bicyclic) bond motifs is 1. The lowest BCUT2D eigenvalue weighted by Crippen LogP contribution is -2.54. The first-order valence-electron chi connectivity index (χ1n) is 11.4. The molecule has 3 unspecified atom stereocenters. The van der Waals surface area contributed by atoms with Crippen LogP contribution in [0.25, 0.3) is 10.9 Å². The number of rotatable bonds is 9. The highest BCUT2D eigenvalue weighted by molar-refractivity contribution is 6.35. The molecule has 2 heterocycles. The number of aromatic nitrogens is 1. The van der Waals surface area contributed by atoms with E-state index in [-0.39, 0.29) is 23.0 Å². The molecule has 4 amide bonds. The zero-order chi connectivity index (χ0) is 24.4. The number of carbonyl (C=O) groups excluding carboxylic acids is 4. The largest absolute Gasteiger partial charge is 0.368 e. The van der Waals surface area contributed by atoms with Gasteiger partial charge in [0, 0.05) is 17.8 Å². The molecule has 1 aromatic carbocycles. The standard InChI is InChI=1S/C23H27ClFN5O4/c24-15-8-13(25)9-16-14(15)10-19(28-16)23(34)30-18(6-11-3-4-11)22(33)29-17(20(26)31)7-12-2-1-5-27-21(12)32/h8-12,17-18,28H,1-7H2,(H2,26,31)(H,27,32)(H,29,33)(H,30,34). The summed E-state index contributed by atoms with van der Waals surface area (Å²) in [5.74, 6) is -2.67. The Balaban J connectivity index is 1.46. The average Bonchev–Trinajstić information content (AvgIpc) is 3.49. The molecule has 1 aromatic heterocycles. The second-order valence-electron chi connectivity index (χ2n) is 9.07. The van der Waals surface area contributed by atoms with Gasteiger partial charge in [-0.3, -0.25) is 19.2 Å². The van der Waals surface area contributed by atoms with Crippen molar-refractivity contribution in [2.45, 2.75) is 50.6 Å². The van der Waals surface area contributed by atoms with Crippen LogP contribution in [0.15, 0.2) is 18.2 Å². The third kappa shape index (κ3) is 5.67. The summed E-state index contributed by atoms with van der Waals surface area (Å²) in [7, 11) is 0. The number of carbonyl (C=O) groups is 4. The van der Waals surface area contributed by atoms with E-state index < -0.39 is 41.5 Å². The Labute approximate surface area is 200 Å². The lowest BCUT2D eigenvalue weighted by Gasteiger charge is -2.27. The van der Waals surface area contributed by atoms with Gasteiger partial charge in [-0.2, -0.15) is 0 Å². The number of amides is 4. The molecule has 11 heteroatoms. The third-order valence-electron chi connectivity index (χ3n) is 6.36. The van der Waals surface area contributed by atoms with Crippen molar-refractivity contribution >= 4 is 46.1 Å². The summed E-state index contributed by atoms with van der Waals surface area (Å²) in [6.07, 6.45) is 3.79. The van der Waals surface area contributed by atoms with E-state index in [1.165, 1.54) is 12.1 Å². The number of H-pyrrole nitrogens is 1. The Morgan fingerprint density at radius 2 is 1.88 bits per heavy atom. The van der Waals surface area contributed by atoms with Gasteiger partial charge in [-0.05, 0) is 49.8 Å². The summed E-state index contributed by atoms with van der Waals surface area (Å²) in [6.45, 7) is 0.587. The molecule has 6 N–H and O–H groups in total. The van der Waals surface area contributed by atoms with Crippen LogP contribution in [0.3, 0.4) is 0 Å². The molecule has 9 nitrogen and oxygen atoms in total. The van der Waals surface area contributed by atoms with Crippen LogP contribution >= 0.6 is 11.6 Å². The zero-order valence-corrected chi connectivity index (χ0v) is 19.2. The van der Waals surface area contributed by atoms with Gasteiger partial charge >= 0.3 is 0 Å². The number of primary amides is 1. The van der Waals surface area contributed by atoms with Crippen LogP contribution in [0.5, 0.6) is 0 Å². The van der Waals surface area contributed by atoms with Crippen LogP contribution in [0.1, 0.15) is 49.0 Å². The Kier molecular flexibility index (Phi) is 7.06. The predicted octanol–water partition coefficient (Wildman–Crippen LogP) is 1.75. The summed E-state index contributed by atoms with van der Waals surface area (Å²) >= 11 is 6.06. The van der Waals surface area contributed by atoms with Crippen LogP contribution in [0.2, 0.25) is 5.02 Å². The molecule has 182 valence electrons. The Morgan fingerprint density at radius 1 is 1.12 bits per heavy atom. The van der Waals surface area contributed by atoms with Gasteiger partial charge in [-0.15, -0.1) is 0 Å². The van der Waals surface area contributed by atoms with Gasteiger partial charge in [0.15, 0.2) is 0 Å². The molecule has 0 bridgehead atoms. The molecule has 1 saturated carbocycles. The SMILES string of the molecule is NC(=O)C(CC1CCCNC1=O)NC(=O)C(CC1CC1)NC(=O)c1cc2c(Cl)cc(F)cc2[nH]1. The second-order valence-corrected chi connectivity index (χ2v) is 9.47. The smallest absolute Gasteiger partial charge is 0.268 e. The number of nitrogens with two attached hydrogens (primary N) is 1. The zero-order valence-electron chi connectivity index (χ0n) is 18.5. The minimum Gasteiger partial charge on any atom is -0.368 e. The van der Waals surface area contributed by atoms with Crippen molar-refractivity contribution in [3.05, 3.63) is 34.7 Å². The number of nitrogens with one attached hydrogen (secondary N) is 4. The molecule has 2 aromatic rings. The van der Waals surface area contributed by atoms with E-state index in [1.54, 1.807) is 0 Å². The van der Waals surface area contributed by atoms with E-state index >= 15 is 0 Å². The number of benzene rings is 1. The van der Waals surface area contributed by atoms with Gasteiger partial charge in [-0.25, -0.2) is 4.39 Å². The topological polar surface area (TPSA) is 146 Å². The number of halogens is 2. The normalized spacial score (nSPS) is 19.8. The van der Waals surface area contributed by atoms with Gasteiger partial charge in [0.05, 0.1) is 10.5 Å².